The molecule has 0 saturated carbocycles. The van der Waals surface area contributed by atoms with Gasteiger partial charge in [-0.15, -0.1) is 0 Å². The summed E-state index contributed by atoms with van der Waals surface area (Å²) in [5.41, 5.74) is 0. The van der Waals surface area contributed by atoms with Crippen LogP contribution < -0.4 is 0 Å². The Hall–Kier alpha value is -0.370. The molecule has 0 unspecified atom stereocenters. The lowest BCUT2D eigenvalue weighted by atomic mass is 10.7. The molecule has 2 heteroatoms. The highest BCUT2D eigenvalue weighted by atomic mass is 16.3. The Labute approximate surface area is 37.5 Å². The van der Waals surface area contributed by atoms with Gasteiger partial charge in [-0.3, -0.25) is 4.99 Å². The summed E-state index contributed by atoms with van der Waals surface area (Å²) in [6.45, 7) is 2.31. The minimum absolute atomic E-state index is 0.126. The van der Waals surface area contributed by atoms with Crippen LogP contribution >= 0.6 is 0 Å². The van der Waals surface area contributed by atoms with Crippen LogP contribution in [0, 0.1) is 0 Å². The summed E-state index contributed by atoms with van der Waals surface area (Å²) in [7, 11) is 0. The molecule has 0 bridgehead atoms. The molecule has 0 aliphatic heterocycles. The first-order valence-corrected chi connectivity index (χ1v) is 1.86. The van der Waals surface area contributed by atoms with E-state index in [-0.39, 0.29) is 6.61 Å². The summed E-state index contributed by atoms with van der Waals surface area (Å²) >= 11 is 0. The van der Waals surface area contributed by atoms with Crippen LogP contribution in [0.15, 0.2) is 4.99 Å². The molecular weight excluding hydrogens is 78.0 g/mol. The lowest BCUT2D eigenvalue weighted by Gasteiger charge is -1.77. The van der Waals surface area contributed by atoms with Gasteiger partial charge in [0.05, 0.1) is 19.4 Å². The second kappa shape index (κ2) is 4.63. The standard InChI is InChI=1S/C4H8NO/c1-2-5-3-4-6/h6H,3-4H2,1H3. The van der Waals surface area contributed by atoms with Crippen LogP contribution in [0.1, 0.15) is 6.92 Å². The van der Waals surface area contributed by atoms with Gasteiger partial charge >= 0.3 is 0 Å². The highest BCUT2D eigenvalue weighted by Gasteiger charge is 1.66. The molecule has 0 fully saturated rings. The largest absolute Gasteiger partial charge is 0.394 e. The summed E-state index contributed by atoms with van der Waals surface area (Å²) in [6, 6.07) is 0. The Bertz CT molecular complexity index is 42.8. The Balaban J connectivity index is 2.66. The number of rotatable bonds is 2. The maximum Gasteiger partial charge on any atom is 0.0627 e. The van der Waals surface area contributed by atoms with E-state index in [4.69, 9.17) is 5.11 Å². The van der Waals surface area contributed by atoms with Crippen molar-refractivity contribution in [2.75, 3.05) is 13.2 Å². The molecule has 0 spiro atoms. The van der Waals surface area contributed by atoms with Gasteiger partial charge in [0.1, 0.15) is 0 Å². The molecule has 0 aliphatic carbocycles. The molecule has 0 amide bonds. The number of aliphatic imine (C=N–C) groups is 1. The lowest BCUT2D eigenvalue weighted by molar-refractivity contribution is 0.307. The van der Waals surface area contributed by atoms with Crippen LogP contribution in [0.4, 0.5) is 0 Å². The van der Waals surface area contributed by atoms with Crippen molar-refractivity contribution >= 4 is 6.21 Å². The molecule has 6 heavy (non-hydrogen) atoms. The molecule has 0 aromatic carbocycles. The summed E-state index contributed by atoms with van der Waals surface area (Å²) < 4.78 is 0. The zero-order valence-corrected chi connectivity index (χ0v) is 3.81. The molecule has 0 heterocycles. The molecule has 0 aromatic heterocycles. The van der Waals surface area contributed by atoms with Gasteiger partial charge in [0, 0.05) is 0 Å². The smallest absolute Gasteiger partial charge is 0.0627 e. The van der Waals surface area contributed by atoms with Crippen LogP contribution in [0.3, 0.4) is 0 Å². The molecule has 2 nitrogen and oxygen atoms in total. The van der Waals surface area contributed by atoms with Crippen molar-refractivity contribution in [1.82, 2.24) is 0 Å². The van der Waals surface area contributed by atoms with Gasteiger partial charge in [-0.05, 0) is 6.92 Å². The first-order chi connectivity index (χ1) is 2.91. The fraction of sp³-hybridized carbons (Fsp3) is 0.750. The van der Waals surface area contributed by atoms with E-state index in [2.05, 4.69) is 11.2 Å². The molecule has 35 valence electrons. The molecule has 0 aliphatic rings. The Morgan fingerprint density at radius 1 is 1.83 bits per heavy atom. The van der Waals surface area contributed by atoms with E-state index in [0.29, 0.717) is 6.54 Å². The summed E-state index contributed by atoms with van der Waals surface area (Å²) in [6.07, 6.45) is 2.53. The van der Waals surface area contributed by atoms with Gasteiger partial charge < -0.3 is 5.11 Å². The molecule has 0 rings (SSSR count). The van der Waals surface area contributed by atoms with E-state index in [1.165, 1.54) is 0 Å². The first-order valence-electron chi connectivity index (χ1n) is 1.86. The van der Waals surface area contributed by atoms with Crippen molar-refractivity contribution < 1.29 is 5.11 Å². The van der Waals surface area contributed by atoms with Crippen LogP contribution in [0.5, 0.6) is 0 Å². The third kappa shape index (κ3) is 3.63. The summed E-state index contributed by atoms with van der Waals surface area (Å²) in [4.78, 5) is 3.59. The van der Waals surface area contributed by atoms with Gasteiger partial charge in [0.25, 0.3) is 0 Å². The number of aliphatic hydroxyl groups is 1. The second-order valence-electron chi connectivity index (χ2n) is 0.829. The zero-order valence-electron chi connectivity index (χ0n) is 3.81. The van der Waals surface area contributed by atoms with Gasteiger partial charge in [-0.25, -0.2) is 0 Å². The van der Waals surface area contributed by atoms with Crippen molar-refractivity contribution in [3.05, 3.63) is 0 Å². The monoisotopic (exact) mass is 86.1 g/mol. The van der Waals surface area contributed by atoms with Gasteiger partial charge in [0.15, 0.2) is 0 Å². The maximum atomic E-state index is 8.06. The predicted octanol–water partition coefficient (Wildman–Crippen LogP) is -0.0536. The normalized spacial score (nSPS) is 10.3. The number of aliphatic hydroxyl groups excluding tert-OH is 1. The highest BCUT2D eigenvalue weighted by Crippen LogP contribution is 1.60. The fourth-order valence-corrected chi connectivity index (χ4v) is 0.162. The minimum atomic E-state index is 0.126. The van der Waals surface area contributed by atoms with Crippen LogP contribution in [0.2, 0.25) is 0 Å². The Morgan fingerprint density at radius 3 is 2.67 bits per heavy atom. The molecule has 0 saturated heterocycles. The fourth-order valence-electron chi connectivity index (χ4n) is 0.162. The van der Waals surface area contributed by atoms with E-state index in [9.17, 15) is 0 Å². The second-order valence-corrected chi connectivity index (χ2v) is 0.829. The van der Waals surface area contributed by atoms with Crippen LogP contribution in [-0.2, 0) is 0 Å². The van der Waals surface area contributed by atoms with E-state index in [1.54, 1.807) is 6.92 Å². The zero-order chi connectivity index (χ0) is 4.83. The predicted molar refractivity (Wildman–Crippen MR) is 25.1 cm³/mol. The minimum Gasteiger partial charge on any atom is -0.394 e. The highest BCUT2D eigenvalue weighted by molar-refractivity contribution is 5.53. The molecule has 0 atom stereocenters. The van der Waals surface area contributed by atoms with Crippen molar-refractivity contribution in [3.8, 4) is 0 Å². The molecular formula is C4H8NO. The Kier molecular flexibility index (Phi) is 4.34. The SMILES string of the molecule is C/[C]=N/CCO. The number of hydrogen-bond donors (Lipinski definition) is 1. The summed E-state index contributed by atoms with van der Waals surface area (Å²) in [5, 5.41) is 8.06. The van der Waals surface area contributed by atoms with E-state index >= 15 is 0 Å². The first kappa shape index (κ1) is 5.63. The topological polar surface area (TPSA) is 32.6 Å². The molecule has 1 N–H and O–H groups in total. The summed E-state index contributed by atoms with van der Waals surface area (Å²) in [5.74, 6) is 0. The number of nitrogens with zero attached hydrogens (tertiary/aromatic N) is 1. The van der Waals surface area contributed by atoms with E-state index in [0.717, 1.165) is 0 Å². The average Bonchev–Trinajstić information content (AvgIpc) is 1.61. The maximum absolute atomic E-state index is 8.06. The quantitative estimate of drug-likeness (QED) is 0.469. The van der Waals surface area contributed by atoms with E-state index < -0.39 is 0 Å². The molecule has 1 radical (unpaired) electrons. The van der Waals surface area contributed by atoms with Crippen LogP contribution in [0.25, 0.3) is 0 Å². The van der Waals surface area contributed by atoms with Gasteiger partial charge in [0.2, 0.25) is 0 Å². The third-order valence-corrected chi connectivity index (χ3v) is 0.370. The van der Waals surface area contributed by atoms with Crippen LogP contribution in [-0.4, -0.2) is 24.5 Å². The number of hydrogen-bond acceptors (Lipinski definition) is 2. The van der Waals surface area contributed by atoms with E-state index in [1.807, 2.05) is 0 Å². The lowest BCUT2D eigenvalue weighted by Crippen LogP contribution is -1.84. The van der Waals surface area contributed by atoms with Crippen molar-refractivity contribution in [3.63, 3.8) is 0 Å². The van der Waals surface area contributed by atoms with Gasteiger partial charge in [-0.1, -0.05) is 0 Å². The van der Waals surface area contributed by atoms with Gasteiger partial charge in [-0.2, -0.15) is 0 Å². The molecule has 0 aromatic rings. The van der Waals surface area contributed by atoms with Crippen molar-refractivity contribution in [2.45, 2.75) is 6.92 Å². The average molecular weight is 86.1 g/mol. The third-order valence-electron chi connectivity index (χ3n) is 0.370. The Morgan fingerprint density at radius 2 is 2.50 bits per heavy atom. The van der Waals surface area contributed by atoms with Crippen molar-refractivity contribution in [2.24, 2.45) is 4.99 Å². The van der Waals surface area contributed by atoms with Crippen molar-refractivity contribution in [1.29, 1.82) is 0 Å².